The zero-order valence-corrected chi connectivity index (χ0v) is 9.44. The Balaban J connectivity index is 2.12. The Morgan fingerprint density at radius 3 is 2.62 bits per heavy atom. The van der Waals surface area contributed by atoms with Gasteiger partial charge in [0.1, 0.15) is 0 Å². The highest BCUT2D eigenvalue weighted by atomic mass is 16.2. The summed E-state index contributed by atoms with van der Waals surface area (Å²) in [6.07, 6.45) is 1.19. The van der Waals surface area contributed by atoms with Gasteiger partial charge in [-0.3, -0.25) is 4.90 Å². The van der Waals surface area contributed by atoms with Gasteiger partial charge in [0.25, 0.3) is 0 Å². The lowest BCUT2D eigenvalue weighted by Gasteiger charge is -2.15. The van der Waals surface area contributed by atoms with Gasteiger partial charge in [0.15, 0.2) is 0 Å². The molecule has 1 aromatic rings. The van der Waals surface area contributed by atoms with Crippen molar-refractivity contribution in [3.05, 3.63) is 29.8 Å². The van der Waals surface area contributed by atoms with Crippen molar-refractivity contribution >= 4 is 11.7 Å². The van der Waals surface area contributed by atoms with E-state index in [0.717, 1.165) is 18.8 Å². The van der Waals surface area contributed by atoms with Crippen LogP contribution in [0.25, 0.3) is 0 Å². The van der Waals surface area contributed by atoms with Crippen LogP contribution in [-0.2, 0) is 0 Å². The van der Waals surface area contributed by atoms with Crippen molar-refractivity contribution < 1.29 is 4.79 Å². The van der Waals surface area contributed by atoms with Gasteiger partial charge in [0.05, 0.1) is 0 Å². The lowest BCUT2D eigenvalue weighted by molar-refractivity contribution is 0.255. The normalized spacial score (nSPS) is 19.7. The average Bonchev–Trinajstić information content (AvgIpc) is 2.81. The molecular weight excluding hydrogens is 202 g/mol. The van der Waals surface area contributed by atoms with Crippen molar-refractivity contribution in [1.29, 1.82) is 0 Å². The van der Waals surface area contributed by atoms with Crippen molar-refractivity contribution in [2.45, 2.75) is 12.3 Å². The number of primary amides is 1. The Labute approximate surface area is 95.4 Å². The molecule has 4 nitrogen and oxygen atoms in total. The molecule has 1 fully saturated rings. The fourth-order valence-electron chi connectivity index (χ4n) is 2.04. The van der Waals surface area contributed by atoms with Crippen LogP contribution in [0.5, 0.6) is 0 Å². The van der Waals surface area contributed by atoms with E-state index in [-0.39, 0.29) is 0 Å². The molecule has 0 aliphatic carbocycles. The van der Waals surface area contributed by atoms with Gasteiger partial charge in [-0.1, -0.05) is 12.1 Å². The topological polar surface area (TPSA) is 58.4 Å². The van der Waals surface area contributed by atoms with Crippen molar-refractivity contribution in [2.75, 3.05) is 25.0 Å². The number of carbonyl (C=O) groups excluding carboxylic acids is 1. The summed E-state index contributed by atoms with van der Waals surface area (Å²) in [6.45, 7) is 2.14. The van der Waals surface area contributed by atoms with Gasteiger partial charge in [-0.2, -0.15) is 0 Å². The number of rotatable bonds is 2. The van der Waals surface area contributed by atoms with E-state index in [1.54, 1.807) is 7.05 Å². The monoisotopic (exact) mass is 219 g/mol. The van der Waals surface area contributed by atoms with E-state index < -0.39 is 6.03 Å². The molecular formula is C12H17N3O. The first-order valence-corrected chi connectivity index (χ1v) is 5.52. The number of benzene rings is 1. The van der Waals surface area contributed by atoms with Crippen LogP contribution in [0.1, 0.15) is 17.9 Å². The van der Waals surface area contributed by atoms with Crippen LogP contribution >= 0.6 is 0 Å². The van der Waals surface area contributed by atoms with Gasteiger partial charge in [-0.05, 0) is 36.6 Å². The fraction of sp³-hybridized carbons (Fsp3) is 0.417. The second-order valence-corrected chi connectivity index (χ2v) is 4.18. The van der Waals surface area contributed by atoms with Crippen LogP contribution < -0.4 is 16.0 Å². The van der Waals surface area contributed by atoms with E-state index in [9.17, 15) is 4.79 Å². The SMILES string of the molecule is CN(C(N)=O)c1ccc(C2CCNC2)cc1. The Morgan fingerprint density at radius 1 is 1.44 bits per heavy atom. The van der Waals surface area contributed by atoms with Crippen molar-refractivity contribution in [3.8, 4) is 0 Å². The molecule has 4 heteroatoms. The van der Waals surface area contributed by atoms with Crippen LogP contribution in [0.4, 0.5) is 10.5 Å². The number of anilines is 1. The highest BCUT2D eigenvalue weighted by molar-refractivity contribution is 5.89. The zero-order valence-electron chi connectivity index (χ0n) is 9.44. The molecule has 1 atom stereocenters. The first kappa shape index (κ1) is 11.0. The van der Waals surface area contributed by atoms with Gasteiger partial charge < -0.3 is 11.1 Å². The number of amides is 2. The third kappa shape index (κ3) is 2.17. The minimum absolute atomic E-state index is 0.435. The fourth-order valence-corrected chi connectivity index (χ4v) is 2.04. The maximum atomic E-state index is 11.0. The predicted molar refractivity (Wildman–Crippen MR) is 64.7 cm³/mol. The molecule has 0 spiro atoms. The van der Waals surface area contributed by atoms with Crippen molar-refractivity contribution in [1.82, 2.24) is 5.32 Å². The second-order valence-electron chi connectivity index (χ2n) is 4.18. The smallest absolute Gasteiger partial charge is 0.318 e. The third-order valence-electron chi connectivity index (χ3n) is 3.14. The van der Waals surface area contributed by atoms with Gasteiger partial charge >= 0.3 is 6.03 Å². The highest BCUT2D eigenvalue weighted by Crippen LogP contribution is 2.24. The number of carbonyl (C=O) groups is 1. The maximum Gasteiger partial charge on any atom is 0.318 e. The number of nitrogens with one attached hydrogen (secondary N) is 1. The van der Waals surface area contributed by atoms with Gasteiger partial charge in [-0.15, -0.1) is 0 Å². The van der Waals surface area contributed by atoms with E-state index >= 15 is 0 Å². The van der Waals surface area contributed by atoms with Crippen LogP contribution in [0.2, 0.25) is 0 Å². The number of nitrogens with two attached hydrogens (primary N) is 1. The molecule has 1 heterocycles. The standard InChI is InChI=1S/C12H17N3O/c1-15(12(13)16)11-4-2-9(3-5-11)10-6-7-14-8-10/h2-5,10,14H,6-8H2,1H3,(H2,13,16). The Kier molecular flexibility index (Phi) is 3.10. The second kappa shape index (κ2) is 4.53. The average molecular weight is 219 g/mol. The first-order chi connectivity index (χ1) is 7.68. The molecule has 3 N–H and O–H groups in total. The molecule has 86 valence electrons. The molecule has 1 aromatic carbocycles. The zero-order chi connectivity index (χ0) is 11.5. The van der Waals surface area contributed by atoms with Gasteiger partial charge in [-0.25, -0.2) is 4.79 Å². The summed E-state index contributed by atoms with van der Waals surface area (Å²) in [5.74, 6) is 0.605. The molecule has 1 aliphatic heterocycles. The van der Waals surface area contributed by atoms with Crippen LogP contribution in [-0.4, -0.2) is 26.2 Å². The van der Waals surface area contributed by atoms with E-state index in [2.05, 4.69) is 17.4 Å². The molecule has 16 heavy (non-hydrogen) atoms. The van der Waals surface area contributed by atoms with E-state index in [4.69, 9.17) is 5.73 Å². The first-order valence-electron chi connectivity index (χ1n) is 5.52. The Hall–Kier alpha value is -1.55. The van der Waals surface area contributed by atoms with Crippen LogP contribution in [0, 0.1) is 0 Å². The summed E-state index contributed by atoms with van der Waals surface area (Å²) in [5.41, 5.74) is 7.37. The molecule has 1 aliphatic rings. The molecule has 0 bridgehead atoms. The number of nitrogens with zero attached hydrogens (tertiary/aromatic N) is 1. The number of urea groups is 1. The Morgan fingerprint density at radius 2 is 2.12 bits per heavy atom. The summed E-state index contributed by atoms with van der Waals surface area (Å²) in [6, 6.07) is 7.60. The lowest BCUT2D eigenvalue weighted by atomic mass is 9.98. The minimum atomic E-state index is -0.435. The van der Waals surface area contributed by atoms with E-state index in [0.29, 0.717) is 5.92 Å². The van der Waals surface area contributed by atoms with Gasteiger partial charge in [0, 0.05) is 19.3 Å². The van der Waals surface area contributed by atoms with Crippen molar-refractivity contribution in [3.63, 3.8) is 0 Å². The summed E-state index contributed by atoms with van der Waals surface area (Å²) in [5, 5.41) is 3.34. The molecule has 0 aromatic heterocycles. The van der Waals surface area contributed by atoms with Crippen LogP contribution in [0.3, 0.4) is 0 Å². The van der Waals surface area contributed by atoms with E-state index in [1.807, 2.05) is 12.1 Å². The summed E-state index contributed by atoms with van der Waals surface area (Å²) in [7, 11) is 1.68. The predicted octanol–water partition coefficient (Wildman–Crippen LogP) is 1.28. The molecule has 2 rings (SSSR count). The Bertz CT molecular complexity index is 368. The summed E-state index contributed by atoms with van der Waals surface area (Å²) >= 11 is 0. The largest absolute Gasteiger partial charge is 0.351 e. The number of hydrogen-bond acceptors (Lipinski definition) is 2. The van der Waals surface area contributed by atoms with Crippen LogP contribution in [0.15, 0.2) is 24.3 Å². The quantitative estimate of drug-likeness (QED) is 0.787. The molecule has 1 saturated heterocycles. The third-order valence-corrected chi connectivity index (χ3v) is 3.14. The van der Waals surface area contributed by atoms with E-state index in [1.165, 1.54) is 16.9 Å². The number of hydrogen-bond donors (Lipinski definition) is 2. The lowest BCUT2D eigenvalue weighted by Crippen LogP contribution is -2.31. The van der Waals surface area contributed by atoms with Gasteiger partial charge in [0.2, 0.25) is 0 Å². The summed E-state index contributed by atoms with van der Waals surface area (Å²) < 4.78 is 0. The minimum Gasteiger partial charge on any atom is -0.351 e. The molecule has 0 radical (unpaired) electrons. The molecule has 2 amide bonds. The van der Waals surface area contributed by atoms with Crippen molar-refractivity contribution in [2.24, 2.45) is 5.73 Å². The molecule has 1 unspecified atom stereocenters. The highest BCUT2D eigenvalue weighted by Gasteiger charge is 2.16. The summed E-state index contributed by atoms with van der Waals surface area (Å²) in [4.78, 5) is 12.4. The molecule has 0 saturated carbocycles. The maximum absolute atomic E-state index is 11.0.